The first kappa shape index (κ1) is 12.4. The zero-order valence-corrected chi connectivity index (χ0v) is 11.3. The molecule has 17 heavy (non-hydrogen) atoms. The molecule has 0 aromatic carbocycles. The van der Waals surface area contributed by atoms with Crippen LogP contribution >= 0.6 is 11.6 Å². The highest BCUT2D eigenvalue weighted by Crippen LogP contribution is 2.25. The lowest BCUT2D eigenvalue weighted by Crippen LogP contribution is -2.24. The van der Waals surface area contributed by atoms with Gasteiger partial charge in [-0.2, -0.15) is 0 Å². The highest BCUT2D eigenvalue weighted by molar-refractivity contribution is 6.17. The van der Waals surface area contributed by atoms with Crippen LogP contribution in [0.5, 0.6) is 0 Å². The molecule has 2 aromatic heterocycles. The lowest BCUT2D eigenvalue weighted by Gasteiger charge is -2.24. The highest BCUT2D eigenvalue weighted by atomic mass is 35.5. The maximum Gasteiger partial charge on any atom is 0.110 e. The molecule has 2 rings (SSSR count). The SMILES string of the molecule is CC(C)(C)n1c(CCCCl)nc2cnccc21. The third-order valence-corrected chi connectivity index (χ3v) is 3.00. The average Bonchev–Trinajstić information content (AvgIpc) is 2.63. The van der Waals surface area contributed by atoms with Crippen LogP contribution in [0.15, 0.2) is 18.5 Å². The van der Waals surface area contributed by atoms with Crippen molar-refractivity contribution in [3.05, 3.63) is 24.3 Å². The first-order chi connectivity index (χ1) is 8.04. The van der Waals surface area contributed by atoms with Crippen molar-refractivity contribution >= 4 is 22.6 Å². The van der Waals surface area contributed by atoms with Crippen LogP contribution in [0, 0.1) is 0 Å². The van der Waals surface area contributed by atoms with Crippen molar-refractivity contribution in [1.82, 2.24) is 14.5 Å². The van der Waals surface area contributed by atoms with E-state index in [2.05, 4.69) is 35.3 Å². The normalized spacial score (nSPS) is 12.2. The van der Waals surface area contributed by atoms with Crippen LogP contribution in [0.4, 0.5) is 0 Å². The molecule has 0 radical (unpaired) electrons. The fourth-order valence-electron chi connectivity index (χ4n) is 2.12. The summed E-state index contributed by atoms with van der Waals surface area (Å²) in [5.41, 5.74) is 2.14. The van der Waals surface area contributed by atoms with Gasteiger partial charge in [0, 0.05) is 24.0 Å². The molecular weight excluding hydrogens is 234 g/mol. The number of alkyl halides is 1. The molecule has 3 nitrogen and oxygen atoms in total. The molecule has 0 unspecified atom stereocenters. The van der Waals surface area contributed by atoms with Crippen molar-refractivity contribution in [3.8, 4) is 0 Å². The number of imidazole rings is 1. The first-order valence-corrected chi connectivity index (χ1v) is 6.45. The van der Waals surface area contributed by atoms with Gasteiger partial charge in [0.05, 0.1) is 11.7 Å². The van der Waals surface area contributed by atoms with Gasteiger partial charge in [0.25, 0.3) is 0 Å². The Bertz CT molecular complexity index is 511. The highest BCUT2D eigenvalue weighted by Gasteiger charge is 2.20. The van der Waals surface area contributed by atoms with Gasteiger partial charge in [0.1, 0.15) is 11.3 Å². The van der Waals surface area contributed by atoms with Gasteiger partial charge in [-0.25, -0.2) is 4.98 Å². The number of aromatic nitrogens is 3. The summed E-state index contributed by atoms with van der Waals surface area (Å²) in [5, 5.41) is 0. The minimum Gasteiger partial charge on any atom is -0.323 e. The van der Waals surface area contributed by atoms with Crippen molar-refractivity contribution < 1.29 is 0 Å². The molecule has 0 amide bonds. The van der Waals surface area contributed by atoms with Crippen molar-refractivity contribution in [1.29, 1.82) is 0 Å². The van der Waals surface area contributed by atoms with Crippen LogP contribution in [0.25, 0.3) is 11.0 Å². The van der Waals surface area contributed by atoms with E-state index in [0.29, 0.717) is 5.88 Å². The number of aryl methyl sites for hydroxylation is 1. The number of pyridine rings is 1. The third kappa shape index (κ3) is 2.44. The Labute approximate surface area is 107 Å². The van der Waals surface area contributed by atoms with Gasteiger partial charge < -0.3 is 4.57 Å². The summed E-state index contributed by atoms with van der Waals surface area (Å²) >= 11 is 5.77. The van der Waals surface area contributed by atoms with E-state index >= 15 is 0 Å². The van der Waals surface area contributed by atoms with Crippen LogP contribution in [0.2, 0.25) is 0 Å². The van der Waals surface area contributed by atoms with Crippen LogP contribution in [0.1, 0.15) is 33.0 Å². The number of halogens is 1. The summed E-state index contributed by atoms with van der Waals surface area (Å²) in [7, 11) is 0. The molecule has 0 bridgehead atoms. The van der Waals surface area contributed by atoms with E-state index in [0.717, 1.165) is 29.7 Å². The third-order valence-electron chi connectivity index (χ3n) is 2.73. The fraction of sp³-hybridized carbons (Fsp3) is 0.538. The Balaban J connectivity index is 2.57. The zero-order valence-electron chi connectivity index (χ0n) is 10.6. The quantitative estimate of drug-likeness (QED) is 0.784. The fourth-order valence-corrected chi connectivity index (χ4v) is 2.26. The molecule has 4 heteroatoms. The summed E-state index contributed by atoms with van der Waals surface area (Å²) in [5.74, 6) is 1.77. The lowest BCUT2D eigenvalue weighted by atomic mass is 10.1. The van der Waals surface area contributed by atoms with Crippen molar-refractivity contribution in [2.45, 2.75) is 39.2 Å². The van der Waals surface area contributed by atoms with Crippen LogP contribution in [-0.2, 0) is 12.0 Å². The van der Waals surface area contributed by atoms with Gasteiger partial charge in [0.2, 0.25) is 0 Å². The molecule has 92 valence electrons. The predicted molar refractivity (Wildman–Crippen MR) is 71.6 cm³/mol. The van der Waals surface area contributed by atoms with Crippen molar-refractivity contribution in [2.75, 3.05) is 5.88 Å². The van der Waals surface area contributed by atoms with Crippen LogP contribution in [0.3, 0.4) is 0 Å². The maximum absolute atomic E-state index is 5.77. The first-order valence-electron chi connectivity index (χ1n) is 5.92. The standard InChI is InChI=1S/C13H18ClN3/c1-13(2,3)17-11-6-8-15-9-10(11)16-12(17)5-4-7-14/h6,8-9H,4-5,7H2,1-3H3. The molecular formula is C13H18ClN3. The van der Waals surface area contributed by atoms with Crippen LogP contribution in [-0.4, -0.2) is 20.4 Å². The molecule has 0 aliphatic heterocycles. The Morgan fingerprint density at radius 1 is 1.35 bits per heavy atom. The Kier molecular flexibility index (Phi) is 3.38. The monoisotopic (exact) mass is 251 g/mol. The largest absolute Gasteiger partial charge is 0.323 e. The molecule has 0 saturated heterocycles. The topological polar surface area (TPSA) is 30.7 Å². The smallest absolute Gasteiger partial charge is 0.110 e. The second-order valence-electron chi connectivity index (χ2n) is 5.19. The van der Waals surface area contributed by atoms with Gasteiger partial charge in [-0.1, -0.05) is 0 Å². The molecule has 2 heterocycles. The summed E-state index contributed by atoms with van der Waals surface area (Å²) in [4.78, 5) is 8.79. The van der Waals surface area contributed by atoms with Gasteiger partial charge in [-0.05, 0) is 33.3 Å². The number of hydrogen-bond donors (Lipinski definition) is 0. The number of fused-ring (bicyclic) bond motifs is 1. The van der Waals surface area contributed by atoms with E-state index in [-0.39, 0.29) is 5.54 Å². The van der Waals surface area contributed by atoms with E-state index in [4.69, 9.17) is 11.6 Å². The lowest BCUT2D eigenvalue weighted by molar-refractivity contribution is 0.393. The van der Waals surface area contributed by atoms with E-state index < -0.39 is 0 Å². The second kappa shape index (κ2) is 4.65. The second-order valence-corrected chi connectivity index (χ2v) is 5.57. The Hall–Kier alpha value is -1.09. The van der Waals surface area contributed by atoms with E-state index in [1.165, 1.54) is 0 Å². The number of rotatable bonds is 3. The minimum absolute atomic E-state index is 0.0255. The molecule has 2 aromatic rings. The number of hydrogen-bond acceptors (Lipinski definition) is 2. The van der Waals surface area contributed by atoms with Gasteiger partial charge in [-0.15, -0.1) is 11.6 Å². The number of nitrogens with zero attached hydrogens (tertiary/aromatic N) is 3. The van der Waals surface area contributed by atoms with Gasteiger partial charge in [-0.3, -0.25) is 4.98 Å². The average molecular weight is 252 g/mol. The Morgan fingerprint density at radius 2 is 2.12 bits per heavy atom. The van der Waals surface area contributed by atoms with Gasteiger partial charge >= 0.3 is 0 Å². The molecule has 0 atom stereocenters. The zero-order chi connectivity index (χ0) is 12.5. The van der Waals surface area contributed by atoms with E-state index in [9.17, 15) is 0 Å². The van der Waals surface area contributed by atoms with E-state index in [1.54, 1.807) is 0 Å². The summed E-state index contributed by atoms with van der Waals surface area (Å²) < 4.78 is 2.29. The predicted octanol–water partition coefficient (Wildman–Crippen LogP) is 3.36. The molecule has 0 N–H and O–H groups in total. The van der Waals surface area contributed by atoms with Crippen molar-refractivity contribution in [2.24, 2.45) is 0 Å². The minimum atomic E-state index is 0.0255. The Morgan fingerprint density at radius 3 is 2.76 bits per heavy atom. The molecule has 0 saturated carbocycles. The van der Waals surface area contributed by atoms with Crippen molar-refractivity contribution in [3.63, 3.8) is 0 Å². The maximum atomic E-state index is 5.77. The molecule has 0 spiro atoms. The molecule has 0 aliphatic carbocycles. The summed E-state index contributed by atoms with van der Waals surface area (Å²) in [6.45, 7) is 6.58. The van der Waals surface area contributed by atoms with Crippen LogP contribution < -0.4 is 0 Å². The van der Waals surface area contributed by atoms with E-state index in [1.807, 2.05) is 18.5 Å². The molecule has 0 fully saturated rings. The summed E-state index contributed by atoms with van der Waals surface area (Å²) in [6, 6.07) is 2.03. The van der Waals surface area contributed by atoms with Gasteiger partial charge in [0.15, 0.2) is 0 Å². The summed E-state index contributed by atoms with van der Waals surface area (Å²) in [6.07, 6.45) is 5.50. The molecule has 0 aliphatic rings.